The molecular formula is C19H29ClN2O3. The van der Waals surface area contributed by atoms with Crippen molar-refractivity contribution in [2.45, 2.75) is 51.4 Å². The number of benzene rings is 1. The van der Waals surface area contributed by atoms with Crippen LogP contribution in [0.4, 0.5) is 5.69 Å². The van der Waals surface area contributed by atoms with Crippen LogP contribution in [0.15, 0.2) is 24.3 Å². The van der Waals surface area contributed by atoms with E-state index in [0.29, 0.717) is 32.5 Å². The van der Waals surface area contributed by atoms with Gasteiger partial charge in [0.1, 0.15) is 6.04 Å². The topological polar surface area (TPSA) is 59.6 Å². The van der Waals surface area contributed by atoms with Crippen LogP contribution in [0.2, 0.25) is 0 Å². The standard InChI is InChI=1S/C19H28N2O3.ClH/c1-14-4-2-7-17(10-14)24-12-15-5-3-6-16(11-15)21-19(22)18-13-23-9-8-20-18;/h3,5-6,11,14,17-18,20H,2,4,7-10,12-13H2,1H3,(H,21,22);1H. The average Bonchev–Trinajstić information content (AvgIpc) is 2.61. The van der Waals surface area contributed by atoms with Crippen molar-refractivity contribution in [3.63, 3.8) is 0 Å². The first-order valence-electron chi connectivity index (χ1n) is 9.03. The van der Waals surface area contributed by atoms with Crippen molar-refractivity contribution in [2.75, 3.05) is 25.1 Å². The molecule has 6 heteroatoms. The van der Waals surface area contributed by atoms with Crippen LogP contribution >= 0.6 is 12.4 Å². The number of nitrogens with one attached hydrogen (secondary N) is 2. The maximum absolute atomic E-state index is 12.2. The number of amides is 1. The van der Waals surface area contributed by atoms with Crippen LogP contribution in [0, 0.1) is 5.92 Å². The molecule has 2 fully saturated rings. The van der Waals surface area contributed by atoms with Crippen molar-refractivity contribution in [2.24, 2.45) is 5.92 Å². The van der Waals surface area contributed by atoms with Crippen LogP contribution in [-0.4, -0.2) is 37.8 Å². The van der Waals surface area contributed by atoms with Gasteiger partial charge in [-0.25, -0.2) is 0 Å². The van der Waals surface area contributed by atoms with Gasteiger partial charge in [0.25, 0.3) is 0 Å². The molecular weight excluding hydrogens is 340 g/mol. The van der Waals surface area contributed by atoms with Gasteiger partial charge in [0.15, 0.2) is 0 Å². The van der Waals surface area contributed by atoms with Crippen LogP contribution in [0.1, 0.15) is 38.2 Å². The summed E-state index contributed by atoms with van der Waals surface area (Å²) in [6.07, 6.45) is 5.27. The molecule has 1 aliphatic heterocycles. The molecule has 0 radical (unpaired) electrons. The Kier molecular flexibility index (Phi) is 8.16. The molecule has 0 aromatic heterocycles. The van der Waals surface area contributed by atoms with Crippen molar-refractivity contribution in [1.29, 1.82) is 0 Å². The van der Waals surface area contributed by atoms with E-state index in [1.807, 2.05) is 24.3 Å². The highest BCUT2D eigenvalue weighted by Gasteiger charge is 2.21. The van der Waals surface area contributed by atoms with E-state index in [1.165, 1.54) is 12.8 Å². The third-order valence-corrected chi connectivity index (χ3v) is 4.81. The first-order chi connectivity index (χ1) is 11.7. The molecule has 3 unspecified atom stereocenters. The Morgan fingerprint density at radius 3 is 3.04 bits per heavy atom. The molecule has 5 nitrogen and oxygen atoms in total. The molecule has 2 N–H and O–H groups in total. The Morgan fingerprint density at radius 1 is 1.40 bits per heavy atom. The Morgan fingerprint density at radius 2 is 2.28 bits per heavy atom. The third kappa shape index (κ3) is 6.26. The summed E-state index contributed by atoms with van der Waals surface area (Å²) in [4.78, 5) is 12.2. The van der Waals surface area contributed by atoms with Crippen LogP contribution in [0.3, 0.4) is 0 Å². The van der Waals surface area contributed by atoms with Crippen LogP contribution in [0.5, 0.6) is 0 Å². The molecule has 25 heavy (non-hydrogen) atoms. The normalized spacial score (nSPS) is 26.5. The van der Waals surface area contributed by atoms with Gasteiger partial charge in [0, 0.05) is 12.2 Å². The summed E-state index contributed by atoms with van der Waals surface area (Å²) in [5.74, 6) is 0.716. The van der Waals surface area contributed by atoms with Crippen molar-refractivity contribution in [3.05, 3.63) is 29.8 Å². The van der Waals surface area contributed by atoms with Crippen molar-refractivity contribution in [1.82, 2.24) is 5.32 Å². The fraction of sp³-hybridized carbons (Fsp3) is 0.632. The van der Waals surface area contributed by atoms with Crippen molar-refractivity contribution >= 4 is 24.0 Å². The maximum Gasteiger partial charge on any atom is 0.243 e. The zero-order valence-electron chi connectivity index (χ0n) is 14.8. The summed E-state index contributed by atoms with van der Waals surface area (Å²) >= 11 is 0. The zero-order valence-corrected chi connectivity index (χ0v) is 15.6. The summed E-state index contributed by atoms with van der Waals surface area (Å²) < 4.78 is 11.4. The molecule has 1 heterocycles. The number of anilines is 1. The Balaban J connectivity index is 0.00000225. The number of morpholine rings is 1. The first kappa shape index (κ1) is 20.2. The van der Waals surface area contributed by atoms with Crippen molar-refractivity contribution < 1.29 is 14.3 Å². The van der Waals surface area contributed by atoms with Gasteiger partial charge in [0.2, 0.25) is 5.91 Å². The lowest BCUT2D eigenvalue weighted by Gasteiger charge is -2.27. The largest absolute Gasteiger partial charge is 0.378 e. The molecule has 0 spiro atoms. The van der Waals surface area contributed by atoms with E-state index in [9.17, 15) is 4.79 Å². The molecule has 1 aliphatic carbocycles. The van der Waals surface area contributed by atoms with E-state index < -0.39 is 0 Å². The van der Waals surface area contributed by atoms with Crippen LogP contribution in [0.25, 0.3) is 0 Å². The molecule has 2 aliphatic rings. The SMILES string of the molecule is CC1CCCC(OCc2cccc(NC(=O)C3COCCN3)c2)C1.Cl. The number of hydrogen-bond donors (Lipinski definition) is 2. The zero-order chi connectivity index (χ0) is 16.8. The van der Waals surface area contributed by atoms with Gasteiger partial charge in [-0.05, 0) is 36.5 Å². The van der Waals surface area contributed by atoms with Crippen molar-refractivity contribution in [3.8, 4) is 0 Å². The lowest BCUT2D eigenvalue weighted by Crippen LogP contribution is -2.48. The van der Waals surface area contributed by atoms with Crippen LogP contribution < -0.4 is 10.6 Å². The number of carbonyl (C=O) groups is 1. The minimum atomic E-state index is -0.276. The fourth-order valence-electron chi connectivity index (χ4n) is 3.45. The second-order valence-electron chi connectivity index (χ2n) is 6.98. The Hall–Kier alpha value is -1.14. The first-order valence-corrected chi connectivity index (χ1v) is 9.03. The number of carbonyl (C=O) groups excluding carboxylic acids is 1. The van der Waals surface area contributed by atoms with E-state index in [1.54, 1.807) is 0 Å². The summed E-state index contributed by atoms with van der Waals surface area (Å²) in [5.41, 5.74) is 1.91. The van der Waals surface area contributed by atoms with Gasteiger partial charge in [-0.1, -0.05) is 31.9 Å². The number of rotatable bonds is 5. The van der Waals surface area contributed by atoms with Gasteiger partial charge in [0.05, 0.1) is 25.9 Å². The van der Waals surface area contributed by atoms with E-state index in [2.05, 4.69) is 17.6 Å². The van der Waals surface area contributed by atoms with Gasteiger partial charge >= 0.3 is 0 Å². The molecule has 3 rings (SSSR count). The summed E-state index contributed by atoms with van der Waals surface area (Å²) in [5, 5.41) is 6.12. The fourth-order valence-corrected chi connectivity index (χ4v) is 3.45. The maximum atomic E-state index is 12.2. The van der Waals surface area contributed by atoms with E-state index in [-0.39, 0.29) is 24.4 Å². The average molecular weight is 369 g/mol. The summed E-state index contributed by atoms with van der Waals surface area (Å²) in [7, 11) is 0. The highest BCUT2D eigenvalue weighted by atomic mass is 35.5. The lowest BCUT2D eigenvalue weighted by molar-refractivity contribution is -0.120. The molecule has 1 aromatic carbocycles. The minimum Gasteiger partial charge on any atom is -0.378 e. The highest BCUT2D eigenvalue weighted by molar-refractivity contribution is 5.95. The molecule has 140 valence electrons. The Bertz CT molecular complexity index is 549. The quantitative estimate of drug-likeness (QED) is 0.838. The molecule has 1 amide bonds. The predicted octanol–water partition coefficient (Wildman–Crippen LogP) is 3.13. The van der Waals surface area contributed by atoms with E-state index in [4.69, 9.17) is 9.47 Å². The summed E-state index contributed by atoms with van der Waals surface area (Å²) in [6.45, 7) is 4.71. The van der Waals surface area contributed by atoms with E-state index in [0.717, 1.165) is 30.0 Å². The number of hydrogen-bond acceptors (Lipinski definition) is 4. The van der Waals surface area contributed by atoms with Gasteiger partial charge in [-0.2, -0.15) is 0 Å². The lowest BCUT2D eigenvalue weighted by atomic mass is 9.89. The second kappa shape index (κ2) is 10.1. The minimum absolute atomic E-state index is 0. The molecule has 0 bridgehead atoms. The molecule has 1 aromatic rings. The molecule has 3 atom stereocenters. The Labute approximate surface area is 156 Å². The predicted molar refractivity (Wildman–Crippen MR) is 101 cm³/mol. The summed E-state index contributed by atoms with van der Waals surface area (Å²) in [6, 6.07) is 7.64. The van der Waals surface area contributed by atoms with E-state index >= 15 is 0 Å². The second-order valence-corrected chi connectivity index (χ2v) is 6.98. The third-order valence-electron chi connectivity index (χ3n) is 4.81. The highest BCUT2D eigenvalue weighted by Crippen LogP contribution is 2.26. The molecule has 1 saturated heterocycles. The smallest absolute Gasteiger partial charge is 0.243 e. The number of halogens is 1. The van der Waals surface area contributed by atoms with Gasteiger partial charge in [-0.15, -0.1) is 12.4 Å². The van der Waals surface area contributed by atoms with Gasteiger partial charge in [-0.3, -0.25) is 4.79 Å². The number of ether oxygens (including phenoxy) is 2. The molecule has 1 saturated carbocycles. The monoisotopic (exact) mass is 368 g/mol. The van der Waals surface area contributed by atoms with Gasteiger partial charge < -0.3 is 20.1 Å². The van der Waals surface area contributed by atoms with Crippen LogP contribution in [-0.2, 0) is 20.9 Å².